The zero-order valence-electron chi connectivity index (χ0n) is 23.5. The number of hydrogen-bond acceptors (Lipinski definition) is 7. The number of benzene rings is 2. The van der Waals surface area contributed by atoms with Crippen LogP contribution < -0.4 is 38.4 Å². The number of carbonyl (C=O) groups is 3. The van der Waals surface area contributed by atoms with Crippen LogP contribution in [0.1, 0.15) is 36.8 Å². The summed E-state index contributed by atoms with van der Waals surface area (Å²) in [6, 6.07) is 13.5. The first-order chi connectivity index (χ1) is 20.2. The molecule has 1 saturated heterocycles. The fourth-order valence-corrected chi connectivity index (χ4v) is 4.92. The van der Waals surface area contributed by atoms with Gasteiger partial charge in [-0.15, -0.1) is 0 Å². The van der Waals surface area contributed by atoms with Gasteiger partial charge in [-0.1, -0.05) is 30.3 Å². The second-order valence-electron chi connectivity index (χ2n) is 10.4. The number of anilines is 1. The molecule has 12 heteroatoms. The molecule has 3 aromatic rings. The standard InChI is InChI=1S/C30H37N7O5/c1-18-15-26(38)42-25-17-20(11-12-21(18)25)35-28(40)23(10-6-14-34-30(31)32)36-29(41)24(16-19-7-3-2-4-8-19)37-27(39)22-9-5-13-33-22/h2-4,7-8,11-12,15,17,22-24,33H,5-6,9-10,13-14,16H2,1H3,(H,35,40)(H,36,41)(H,37,39)(H4,31,32,34)/t22?,23-,24-/m0/s1. The molecular weight excluding hydrogens is 538 g/mol. The van der Waals surface area contributed by atoms with Crippen LogP contribution in [0.4, 0.5) is 5.69 Å². The monoisotopic (exact) mass is 575 g/mol. The van der Waals surface area contributed by atoms with Crippen LogP contribution in [-0.4, -0.2) is 54.9 Å². The molecule has 1 aromatic heterocycles. The van der Waals surface area contributed by atoms with Crippen molar-refractivity contribution >= 4 is 40.3 Å². The summed E-state index contributed by atoms with van der Waals surface area (Å²) in [5.74, 6) is -1.30. The van der Waals surface area contributed by atoms with Crippen LogP contribution in [0, 0.1) is 6.92 Å². The van der Waals surface area contributed by atoms with Crippen molar-refractivity contribution in [1.82, 2.24) is 16.0 Å². The summed E-state index contributed by atoms with van der Waals surface area (Å²) in [5.41, 5.74) is 12.7. The average molecular weight is 576 g/mol. The quantitative estimate of drug-likeness (QED) is 0.0798. The predicted molar refractivity (Wildman–Crippen MR) is 161 cm³/mol. The highest BCUT2D eigenvalue weighted by molar-refractivity contribution is 5.99. The van der Waals surface area contributed by atoms with E-state index in [1.54, 1.807) is 25.1 Å². The molecule has 1 aliphatic heterocycles. The summed E-state index contributed by atoms with van der Waals surface area (Å²) in [4.78, 5) is 55.8. The number of guanidine groups is 1. The Morgan fingerprint density at radius 1 is 1.05 bits per heavy atom. The van der Waals surface area contributed by atoms with Crippen molar-refractivity contribution in [3.63, 3.8) is 0 Å². The number of nitrogens with two attached hydrogens (primary N) is 2. The molecule has 12 nitrogen and oxygen atoms in total. The zero-order chi connectivity index (χ0) is 30.1. The number of nitrogens with zero attached hydrogens (tertiary/aromatic N) is 1. The maximum Gasteiger partial charge on any atom is 0.336 e. The van der Waals surface area contributed by atoms with Crippen molar-refractivity contribution in [3.8, 4) is 0 Å². The van der Waals surface area contributed by atoms with E-state index in [0.717, 1.165) is 29.5 Å². The van der Waals surface area contributed by atoms with Gasteiger partial charge in [-0.2, -0.15) is 0 Å². The van der Waals surface area contributed by atoms with Gasteiger partial charge in [0.1, 0.15) is 17.7 Å². The fraction of sp³-hybridized carbons (Fsp3) is 0.367. The van der Waals surface area contributed by atoms with Crippen molar-refractivity contribution in [1.29, 1.82) is 0 Å². The Labute approximate surface area is 243 Å². The summed E-state index contributed by atoms with van der Waals surface area (Å²) >= 11 is 0. The van der Waals surface area contributed by atoms with Crippen molar-refractivity contribution in [3.05, 3.63) is 76.1 Å². The lowest BCUT2D eigenvalue weighted by molar-refractivity contribution is -0.131. The highest BCUT2D eigenvalue weighted by atomic mass is 16.4. The zero-order valence-corrected chi connectivity index (χ0v) is 23.5. The van der Waals surface area contributed by atoms with E-state index in [9.17, 15) is 19.2 Å². The van der Waals surface area contributed by atoms with Gasteiger partial charge in [0.2, 0.25) is 17.7 Å². The fourth-order valence-electron chi connectivity index (χ4n) is 4.92. The first-order valence-electron chi connectivity index (χ1n) is 14.0. The summed E-state index contributed by atoms with van der Waals surface area (Å²) in [6.07, 6.45) is 2.45. The van der Waals surface area contributed by atoms with Gasteiger partial charge < -0.3 is 37.2 Å². The van der Waals surface area contributed by atoms with Crippen LogP contribution in [0.2, 0.25) is 0 Å². The van der Waals surface area contributed by atoms with E-state index in [-0.39, 0.29) is 37.3 Å². The van der Waals surface area contributed by atoms with E-state index in [1.807, 2.05) is 30.3 Å². The molecule has 0 bridgehead atoms. The van der Waals surface area contributed by atoms with E-state index in [4.69, 9.17) is 15.9 Å². The molecule has 3 atom stereocenters. The Bertz CT molecular complexity index is 1490. The van der Waals surface area contributed by atoms with Gasteiger partial charge >= 0.3 is 5.63 Å². The maximum absolute atomic E-state index is 13.6. The molecule has 2 heterocycles. The van der Waals surface area contributed by atoms with Crippen LogP contribution >= 0.6 is 0 Å². The van der Waals surface area contributed by atoms with Crippen LogP contribution in [0.3, 0.4) is 0 Å². The van der Waals surface area contributed by atoms with E-state index in [0.29, 0.717) is 24.1 Å². The topological polar surface area (TPSA) is 194 Å². The molecule has 222 valence electrons. The number of carbonyl (C=O) groups excluding carboxylic acids is 3. The third-order valence-corrected chi connectivity index (χ3v) is 7.09. The second-order valence-corrected chi connectivity index (χ2v) is 10.4. The predicted octanol–water partition coefficient (Wildman–Crippen LogP) is 1.06. The molecule has 8 N–H and O–H groups in total. The van der Waals surface area contributed by atoms with Crippen molar-refractivity contribution in [2.24, 2.45) is 16.5 Å². The molecule has 42 heavy (non-hydrogen) atoms. The normalized spacial score (nSPS) is 15.9. The van der Waals surface area contributed by atoms with Crippen LogP contribution in [0.15, 0.2) is 68.8 Å². The summed E-state index contributed by atoms with van der Waals surface area (Å²) in [6.45, 7) is 2.80. The molecule has 4 rings (SSSR count). The van der Waals surface area contributed by atoms with E-state index < -0.39 is 29.5 Å². The Hall–Kier alpha value is -4.71. The first-order valence-corrected chi connectivity index (χ1v) is 14.0. The minimum atomic E-state index is -0.966. The molecular formula is C30H37N7O5. The summed E-state index contributed by atoms with van der Waals surface area (Å²) in [5, 5.41) is 12.4. The van der Waals surface area contributed by atoms with Crippen molar-refractivity contribution in [2.75, 3.05) is 18.4 Å². The van der Waals surface area contributed by atoms with Crippen LogP contribution in [-0.2, 0) is 20.8 Å². The van der Waals surface area contributed by atoms with Gasteiger partial charge in [0.05, 0.1) is 6.04 Å². The highest BCUT2D eigenvalue weighted by Crippen LogP contribution is 2.21. The van der Waals surface area contributed by atoms with Crippen molar-refractivity contribution < 1.29 is 18.8 Å². The van der Waals surface area contributed by atoms with Gasteiger partial charge in [0, 0.05) is 36.2 Å². The SMILES string of the molecule is Cc1cc(=O)oc2cc(NC(=O)[C@H](CCCN=C(N)N)NC(=O)[C@H](Cc3ccccc3)NC(=O)C3CCCN3)ccc12. The average Bonchev–Trinajstić information content (AvgIpc) is 3.50. The maximum atomic E-state index is 13.6. The molecule has 0 radical (unpaired) electrons. The number of hydrogen-bond donors (Lipinski definition) is 6. The Morgan fingerprint density at radius 3 is 2.55 bits per heavy atom. The molecule has 0 aliphatic carbocycles. The molecule has 0 spiro atoms. The van der Waals surface area contributed by atoms with Gasteiger partial charge in [0.15, 0.2) is 5.96 Å². The van der Waals surface area contributed by atoms with Crippen LogP contribution in [0.25, 0.3) is 11.0 Å². The first kappa shape index (κ1) is 30.3. The van der Waals surface area contributed by atoms with E-state index in [2.05, 4.69) is 26.3 Å². The number of nitrogens with one attached hydrogen (secondary N) is 4. The number of amides is 3. The smallest absolute Gasteiger partial charge is 0.336 e. The number of aliphatic imine (C=N–C) groups is 1. The number of rotatable bonds is 12. The Kier molecular flexibility index (Phi) is 10.3. The second kappa shape index (κ2) is 14.3. The molecule has 1 aliphatic rings. The van der Waals surface area contributed by atoms with Gasteiger partial charge in [0.25, 0.3) is 0 Å². The lowest BCUT2D eigenvalue weighted by Gasteiger charge is -2.24. The van der Waals surface area contributed by atoms with Gasteiger partial charge in [-0.05, 0) is 62.4 Å². The number of fused-ring (bicyclic) bond motifs is 1. The third kappa shape index (κ3) is 8.40. The minimum absolute atomic E-state index is 0.0702. The Morgan fingerprint density at radius 2 is 1.83 bits per heavy atom. The minimum Gasteiger partial charge on any atom is -0.423 e. The molecule has 0 saturated carbocycles. The lowest BCUT2D eigenvalue weighted by Crippen LogP contribution is -2.55. The molecule has 1 fully saturated rings. The lowest BCUT2D eigenvalue weighted by atomic mass is 10.0. The van der Waals surface area contributed by atoms with Gasteiger partial charge in [-0.3, -0.25) is 19.4 Å². The molecule has 3 amide bonds. The molecule has 1 unspecified atom stereocenters. The summed E-state index contributed by atoms with van der Waals surface area (Å²) < 4.78 is 5.30. The van der Waals surface area contributed by atoms with Crippen LogP contribution in [0.5, 0.6) is 0 Å². The van der Waals surface area contributed by atoms with E-state index in [1.165, 1.54) is 6.07 Å². The van der Waals surface area contributed by atoms with Gasteiger partial charge in [-0.25, -0.2) is 4.79 Å². The van der Waals surface area contributed by atoms with Crippen molar-refractivity contribution in [2.45, 2.75) is 57.2 Å². The highest BCUT2D eigenvalue weighted by Gasteiger charge is 2.30. The number of aryl methyl sites for hydroxylation is 1. The third-order valence-electron chi connectivity index (χ3n) is 7.09. The largest absolute Gasteiger partial charge is 0.423 e. The molecule has 2 aromatic carbocycles. The van der Waals surface area contributed by atoms with E-state index >= 15 is 0 Å². The Balaban J connectivity index is 1.53. The summed E-state index contributed by atoms with van der Waals surface area (Å²) in [7, 11) is 0.